The Bertz CT molecular complexity index is 598. The number of rotatable bonds is 3. The van der Waals surface area contributed by atoms with Gasteiger partial charge in [0.25, 0.3) is 0 Å². The molecule has 0 radical (unpaired) electrons. The van der Waals surface area contributed by atoms with Crippen molar-refractivity contribution in [3.05, 3.63) is 46.8 Å². The maximum atomic E-state index is 4.55. The van der Waals surface area contributed by atoms with E-state index in [1.807, 2.05) is 12.3 Å². The lowest BCUT2D eigenvalue weighted by atomic mass is 9.79. The Morgan fingerprint density at radius 3 is 2.95 bits per heavy atom. The summed E-state index contributed by atoms with van der Waals surface area (Å²) in [6, 6.07) is 8.51. The van der Waals surface area contributed by atoms with Crippen molar-refractivity contribution in [1.82, 2.24) is 9.88 Å². The summed E-state index contributed by atoms with van der Waals surface area (Å²) < 4.78 is 0. The van der Waals surface area contributed by atoms with Gasteiger partial charge in [0.1, 0.15) is 5.82 Å². The quantitative estimate of drug-likeness (QED) is 0.862. The maximum Gasteiger partial charge on any atom is 0.128 e. The summed E-state index contributed by atoms with van der Waals surface area (Å²) in [5.74, 6) is 1.15. The lowest BCUT2D eigenvalue weighted by molar-refractivity contribution is 0.216. The number of pyridine rings is 1. The first kappa shape index (κ1) is 14.2. The lowest BCUT2D eigenvalue weighted by Gasteiger charge is -2.41. The Hall–Kier alpha value is -1.39. The zero-order chi connectivity index (χ0) is 14.8. The molecule has 22 heavy (non-hydrogen) atoms. The topological polar surface area (TPSA) is 19.4 Å². The van der Waals surface area contributed by atoms with Crippen LogP contribution in [0, 0.1) is 5.41 Å². The van der Waals surface area contributed by atoms with Gasteiger partial charge < -0.3 is 4.90 Å². The second kappa shape index (κ2) is 6.01. The second-order valence-electron chi connectivity index (χ2n) is 6.81. The van der Waals surface area contributed by atoms with Crippen molar-refractivity contribution < 1.29 is 0 Å². The summed E-state index contributed by atoms with van der Waals surface area (Å²) in [5, 5.41) is 4.47. The SMILES string of the molecule is c1ccc(N2CCC[C@]3(CCN(Cc4ccsc4)C3)C2)nc1. The average Bonchev–Trinajstić information content (AvgIpc) is 3.20. The fraction of sp³-hybridized carbons (Fsp3) is 0.500. The van der Waals surface area contributed by atoms with Crippen LogP contribution < -0.4 is 4.90 Å². The molecule has 2 aromatic rings. The van der Waals surface area contributed by atoms with Gasteiger partial charge in [-0.15, -0.1) is 0 Å². The van der Waals surface area contributed by atoms with Crippen molar-refractivity contribution >= 4 is 17.2 Å². The van der Waals surface area contributed by atoms with Gasteiger partial charge in [-0.2, -0.15) is 11.3 Å². The van der Waals surface area contributed by atoms with Gasteiger partial charge in [-0.25, -0.2) is 4.98 Å². The summed E-state index contributed by atoms with van der Waals surface area (Å²) >= 11 is 1.80. The molecule has 4 heteroatoms. The molecule has 2 saturated heterocycles. The summed E-state index contributed by atoms with van der Waals surface area (Å²) in [4.78, 5) is 9.69. The number of thiophene rings is 1. The minimum Gasteiger partial charge on any atom is -0.356 e. The van der Waals surface area contributed by atoms with Crippen LogP contribution in [-0.4, -0.2) is 36.1 Å². The zero-order valence-corrected chi connectivity index (χ0v) is 13.8. The minimum absolute atomic E-state index is 0.478. The van der Waals surface area contributed by atoms with Gasteiger partial charge in [0.15, 0.2) is 0 Å². The molecule has 2 aromatic heterocycles. The fourth-order valence-corrected chi connectivity index (χ4v) is 4.74. The fourth-order valence-electron chi connectivity index (χ4n) is 4.08. The van der Waals surface area contributed by atoms with E-state index in [4.69, 9.17) is 0 Å². The minimum atomic E-state index is 0.478. The first-order valence-electron chi connectivity index (χ1n) is 8.23. The van der Waals surface area contributed by atoms with Crippen molar-refractivity contribution in [2.45, 2.75) is 25.8 Å². The van der Waals surface area contributed by atoms with Crippen molar-refractivity contribution in [3.63, 3.8) is 0 Å². The molecular weight excluding hydrogens is 290 g/mol. The molecule has 0 aromatic carbocycles. The molecule has 1 spiro atoms. The first-order valence-corrected chi connectivity index (χ1v) is 9.17. The third-order valence-corrected chi connectivity index (χ3v) is 5.87. The van der Waals surface area contributed by atoms with Crippen molar-refractivity contribution in [3.8, 4) is 0 Å². The normalized spacial score (nSPS) is 25.9. The van der Waals surface area contributed by atoms with Gasteiger partial charge >= 0.3 is 0 Å². The molecule has 2 aliphatic rings. The molecule has 116 valence electrons. The molecule has 0 amide bonds. The van der Waals surface area contributed by atoms with E-state index in [0.717, 1.165) is 18.9 Å². The van der Waals surface area contributed by atoms with Crippen molar-refractivity contribution in [2.24, 2.45) is 5.41 Å². The highest BCUT2D eigenvalue weighted by atomic mass is 32.1. The number of nitrogens with zero attached hydrogens (tertiary/aromatic N) is 3. The van der Waals surface area contributed by atoms with E-state index in [1.54, 1.807) is 11.3 Å². The van der Waals surface area contributed by atoms with Crippen LogP contribution in [0.3, 0.4) is 0 Å². The van der Waals surface area contributed by atoms with Crippen LogP contribution in [-0.2, 0) is 6.54 Å². The zero-order valence-electron chi connectivity index (χ0n) is 12.9. The highest BCUT2D eigenvalue weighted by Gasteiger charge is 2.41. The standard InChI is InChI=1S/C18H23N3S/c1-2-8-19-17(4-1)21-9-3-6-18(15-21)7-10-20(14-18)12-16-5-11-22-13-16/h1-2,4-5,8,11,13H,3,6-7,9-10,12,14-15H2/t18-/m1/s1. The molecule has 0 N–H and O–H groups in total. The molecular formula is C18H23N3S. The summed E-state index contributed by atoms with van der Waals surface area (Å²) in [7, 11) is 0. The molecule has 4 rings (SSSR count). The Morgan fingerprint density at radius 1 is 1.14 bits per heavy atom. The Balaban J connectivity index is 1.43. The molecule has 0 saturated carbocycles. The summed E-state index contributed by atoms with van der Waals surface area (Å²) in [5.41, 5.74) is 1.95. The predicted molar refractivity (Wildman–Crippen MR) is 92.3 cm³/mol. The number of piperidine rings is 1. The third kappa shape index (κ3) is 2.90. The van der Waals surface area contributed by atoms with Gasteiger partial charge in [0.05, 0.1) is 0 Å². The highest BCUT2D eigenvalue weighted by Crippen LogP contribution is 2.40. The van der Waals surface area contributed by atoms with Crippen LogP contribution in [0.1, 0.15) is 24.8 Å². The van der Waals surface area contributed by atoms with E-state index in [1.165, 1.54) is 44.5 Å². The predicted octanol–water partition coefficient (Wildman–Crippen LogP) is 3.64. The van der Waals surface area contributed by atoms with Gasteiger partial charge in [0.2, 0.25) is 0 Å². The molecule has 0 bridgehead atoms. The van der Waals surface area contributed by atoms with Crippen molar-refractivity contribution in [2.75, 3.05) is 31.1 Å². The highest BCUT2D eigenvalue weighted by molar-refractivity contribution is 7.07. The first-order chi connectivity index (χ1) is 10.8. The van der Waals surface area contributed by atoms with Gasteiger partial charge in [-0.3, -0.25) is 4.90 Å². The lowest BCUT2D eigenvalue weighted by Crippen LogP contribution is -2.45. The van der Waals surface area contributed by atoms with E-state index in [0.29, 0.717) is 5.41 Å². The summed E-state index contributed by atoms with van der Waals surface area (Å²) in [6.07, 6.45) is 5.91. The molecule has 4 heterocycles. The van der Waals surface area contributed by atoms with Crippen LogP contribution in [0.5, 0.6) is 0 Å². The monoisotopic (exact) mass is 313 g/mol. The van der Waals surface area contributed by atoms with Gasteiger partial charge in [-0.05, 0) is 60.3 Å². The number of aromatic nitrogens is 1. The molecule has 2 fully saturated rings. The maximum absolute atomic E-state index is 4.55. The van der Waals surface area contributed by atoms with Gasteiger partial charge in [0, 0.05) is 37.8 Å². The van der Waals surface area contributed by atoms with E-state index in [9.17, 15) is 0 Å². The average molecular weight is 313 g/mol. The van der Waals surface area contributed by atoms with E-state index < -0.39 is 0 Å². The molecule has 0 unspecified atom stereocenters. The van der Waals surface area contributed by atoms with E-state index in [2.05, 4.69) is 43.7 Å². The molecule has 2 aliphatic heterocycles. The largest absolute Gasteiger partial charge is 0.356 e. The molecule has 3 nitrogen and oxygen atoms in total. The van der Waals surface area contributed by atoms with Crippen LogP contribution in [0.25, 0.3) is 0 Å². The van der Waals surface area contributed by atoms with E-state index >= 15 is 0 Å². The number of likely N-dealkylation sites (tertiary alicyclic amines) is 1. The van der Waals surface area contributed by atoms with Crippen molar-refractivity contribution in [1.29, 1.82) is 0 Å². The van der Waals surface area contributed by atoms with Crippen LogP contribution in [0.15, 0.2) is 41.2 Å². The number of hydrogen-bond acceptors (Lipinski definition) is 4. The third-order valence-electron chi connectivity index (χ3n) is 5.14. The number of anilines is 1. The Labute approximate surface area is 136 Å². The number of hydrogen-bond donors (Lipinski definition) is 0. The van der Waals surface area contributed by atoms with E-state index in [-0.39, 0.29) is 0 Å². The second-order valence-corrected chi connectivity index (χ2v) is 7.59. The van der Waals surface area contributed by atoms with Gasteiger partial charge in [-0.1, -0.05) is 6.07 Å². The smallest absolute Gasteiger partial charge is 0.128 e. The summed E-state index contributed by atoms with van der Waals surface area (Å²) in [6.45, 7) is 5.93. The van der Waals surface area contributed by atoms with Crippen LogP contribution in [0.4, 0.5) is 5.82 Å². The molecule has 1 atom stereocenters. The molecule has 0 aliphatic carbocycles. The van der Waals surface area contributed by atoms with Crippen LogP contribution in [0.2, 0.25) is 0 Å². The Morgan fingerprint density at radius 2 is 2.14 bits per heavy atom. The van der Waals surface area contributed by atoms with Crippen LogP contribution >= 0.6 is 11.3 Å². The Kier molecular flexibility index (Phi) is 3.89.